The van der Waals surface area contributed by atoms with Gasteiger partial charge in [-0.3, -0.25) is 19.7 Å². The molecule has 1 aromatic carbocycles. The van der Waals surface area contributed by atoms with Crippen LogP contribution in [0.5, 0.6) is 11.5 Å². The lowest BCUT2D eigenvalue weighted by atomic mass is 10.2. The van der Waals surface area contributed by atoms with Gasteiger partial charge in [0.05, 0.1) is 40.0 Å². The van der Waals surface area contributed by atoms with E-state index in [2.05, 4.69) is 25.5 Å². The number of urea groups is 1. The van der Waals surface area contributed by atoms with E-state index in [1.165, 1.54) is 23.5 Å². The maximum absolute atomic E-state index is 14.9. The van der Waals surface area contributed by atoms with E-state index < -0.39 is 18.5 Å². The number of nitrogens with zero attached hydrogens (tertiary/aromatic N) is 4. The molecule has 11 nitrogen and oxygen atoms in total. The Morgan fingerprint density at radius 3 is 2.60 bits per heavy atom. The monoisotopic (exact) mass is 592 g/mol. The molecular formula is C29H29FN6O5S. The molecule has 6 rings (SSSR count). The Labute approximate surface area is 244 Å². The molecule has 13 heteroatoms. The van der Waals surface area contributed by atoms with Crippen LogP contribution >= 0.6 is 11.3 Å². The zero-order chi connectivity index (χ0) is 29.1. The third-order valence-electron chi connectivity index (χ3n) is 7.10. The number of aliphatic hydroxyl groups is 1. The van der Waals surface area contributed by atoms with Crippen molar-refractivity contribution < 1.29 is 28.6 Å². The van der Waals surface area contributed by atoms with Crippen molar-refractivity contribution in [2.24, 2.45) is 0 Å². The molecule has 3 N–H and O–H groups in total. The fourth-order valence-corrected chi connectivity index (χ4v) is 5.79. The number of benzene rings is 1. The van der Waals surface area contributed by atoms with Crippen LogP contribution in [0.1, 0.15) is 5.56 Å². The van der Waals surface area contributed by atoms with Crippen molar-refractivity contribution in [3.8, 4) is 22.1 Å². The Hall–Kier alpha value is -4.17. The summed E-state index contributed by atoms with van der Waals surface area (Å²) in [6, 6.07) is 11.4. The highest BCUT2D eigenvalue weighted by Crippen LogP contribution is 2.39. The van der Waals surface area contributed by atoms with Crippen LogP contribution in [0.2, 0.25) is 0 Å². The Balaban J connectivity index is 1.10. The van der Waals surface area contributed by atoms with E-state index >= 15 is 0 Å². The summed E-state index contributed by atoms with van der Waals surface area (Å²) in [6.45, 7) is 3.89. The van der Waals surface area contributed by atoms with Crippen LogP contribution < -0.4 is 15.4 Å². The molecule has 0 unspecified atom stereocenters. The number of hydrogen-bond donors (Lipinski definition) is 3. The van der Waals surface area contributed by atoms with Crippen molar-refractivity contribution in [3.05, 3.63) is 66.2 Å². The van der Waals surface area contributed by atoms with Gasteiger partial charge in [-0.2, -0.15) is 0 Å². The number of thiophene rings is 1. The minimum Gasteiger partial charge on any atom is -0.453 e. The molecule has 0 atom stereocenters. The first-order valence-electron chi connectivity index (χ1n) is 13.5. The maximum atomic E-state index is 14.9. The van der Waals surface area contributed by atoms with Gasteiger partial charge in [-0.25, -0.2) is 9.18 Å². The number of aromatic nitrogens is 2. The van der Waals surface area contributed by atoms with Gasteiger partial charge in [-0.05, 0) is 29.8 Å². The lowest BCUT2D eigenvalue weighted by Gasteiger charge is -2.34. The van der Waals surface area contributed by atoms with Crippen LogP contribution in [-0.4, -0.2) is 88.9 Å². The van der Waals surface area contributed by atoms with E-state index in [-0.39, 0.29) is 17.7 Å². The summed E-state index contributed by atoms with van der Waals surface area (Å²) in [4.78, 5) is 37.7. The first kappa shape index (κ1) is 28.0. The normalized spacial score (nSPS) is 15.8. The molecule has 3 aromatic heterocycles. The zero-order valence-electron chi connectivity index (χ0n) is 22.6. The number of piperazine rings is 1. The first-order valence-corrected chi connectivity index (χ1v) is 14.3. The van der Waals surface area contributed by atoms with Crippen molar-refractivity contribution in [1.29, 1.82) is 0 Å². The van der Waals surface area contributed by atoms with Gasteiger partial charge >= 0.3 is 6.03 Å². The summed E-state index contributed by atoms with van der Waals surface area (Å²) in [5.41, 5.74) is 2.87. The Kier molecular flexibility index (Phi) is 8.24. The van der Waals surface area contributed by atoms with Crippen molar-refractivity contribution in [2.75, 3.05) is 51.3 Å². The van der Waals surface area contributed by atoms with Crippen molar-refractivity contribution in [2.45, 2.75) is 12.6 Å². The molecule has 0 radical (unpaired) electrons. The molecule has 2 aliphatic rings. The van der Waals surface area contributed by atoms with Crippen molar-refractivity contribution >= 4 is 39.2 Å². The highest BCUT2D eigenvalue weighted by molar-refractivity contribution is 7.22. The maximum Gasteiger partial charge on any atom is 0.319 e. The summed E-state index contributed by atoms with van der Waals surface area (Å²) < 4.78 is 26.6. The van der Waals surface area contributed by atoms with E-state index in [1.54, 1.807) is 23.2 Å². The van der Waals surface area contributed by atoms with E-state index in [0.29, 0.717) is 43.3 Å². The van der Waals surface area contributed by atoms with Crippen LogP contribution in [0.15, 0.2) is 54.9 Å². The second-order valence-corrected chi connectivity index (χ2v) is 11.1. The largest absolute Gasteiger partial charge is 0.453 e. The smallest absolute Gasteiger partial charge is 0.319 e. The number of carbonyl (C=O) groups excluding carboxylic acids is 2. The SMILES string of the molecule is O=C(Nc1ccc(Oc2ccnc3cc(-c4ccc(CN5CCN(C(=O)CO)CC5)cn4)sc23)c(F)c1)NC1COC1. The first-order chi connectivity index (χ1) is 20.4. The predicted octanol–water partition coefficient (Wildman–Crippen LogP) is 3.45. The zero-order valence-corrected chi connectivity index (χ0v) is 23.4. The molecule has 3 amide bonds. The third-order valence-corrected chi connectivity index (χ3v) is 8.26. The fraction of sp³-hybridized carbons (Fsp3) is 0.310. The summed E-state index contributed by atoms with van der Waals surface area (Å²) in [7, 11) is 0. The Bertz CT molecular complexity index is 1590. The number of fused-ring (bicyclic) bond motifs is 1. The number of aliphatic hydroxyl groups excluding tert-OH is 1. The lowest BCUT2D eigenvalue weighted by molar-refractivity contribution is -0.136. The highest BCUT2D eigenvalue weighted by Gasteiger charge is 2.22. The van der Waals surface area contributed by atoms with Crippen molar-refractivity contribution in [3.63, 3.8) is 0 Å². The van der Waals surface area contributed by atoms with Gasteiger partial charge in [-0.15, -0.1) is 11.3 Å². The number of hydrogen-bond acceptors (Lipinski definition) is 9. The van der Waals surface area contributed by atoms with Crippen LogP contribution in [-0.2, 0) is 16.1 Å². The topological polar surface area (TPSA) is 129 Å². The minimum atomic E-state index is -0.611. The molecule has 0 aliphatic carbocycles. The molecule has 2 fully saturated rings. The number of nitrogens with one attached hydrogen (secondary N) is 2. The second kappa shape index (κ2) is 12.4. The molecular weight excluding hydrogens is 563 g/mol. The molecule has 4 aromatic rings. The van der Waals surface area contributed by atoms with Gasteiger partial charge in [0.1, 0.15) is 12.4 Å². The van der Waals surface area contributed by atoms with Crippen LogP contribution in [0.3, 0.4) is 0 Å². The van der Waals surface area contributed by atoms with Gasteiger partial charge in [0.15, 0.2) is 11.6 Å². The molecule has 42 heavy (non-hydrogen) atoms. The third kappa shape index (κ3) is 6.34. The predicted molar refractivity (Wildman–Crippen MR) is 155 cm³/mol. The molecule has 0 bridgehead atoms. The number of halogens is 1. The number of amides is 3. The second-order valence-electron chi connectivity index (χ2n) is 10.1. The van der Waals surface area contributed by atoms with E-state index in [0.717, 1.165) is 40.5 Å². The summed E-state index contributed by atoms with van der Waals surface area (Å²) in [5, 5.41) is 14.4. The van der Waals surface area contributed by atoms with Gasteiger partial charge in [0, 0.05) is 62.9 Å². The Morgan fingerprint density at radius 2 is 1.90 bits per heavy atom. The summed E-state index contributed by atoms with van der Waals surface area (Å²) in [5.74, 6) is -0.349. The average Bonchev–Trinajstić information content (AvgIpc) is 3.42. The number of ether oxygens (including phenoxy) is 2. The number of carbonyl (C=O) groups is 2. The van der Waals surface area contributed by atoms with Crippen LogP contribution in [0, 0.1) is 5.82 Å². The summed E-state index contributed by atoms with van der Waals surface area (Å²) >= 11 is 1.46. The van der Waals surface area contributed by atoms with E-state index in [4.69, 9.17) is 14.6 Å². The standard InChI is InChI=1S/C29H29FN6O5S/c30-21-11-19(33-29(39)34-20-16-40-17-20)2-4-24(21)41-25-5-6-31-23-12-26(42-28(23)25)22-3-1-18(13-32-22)14-35-7-9-36(10-8-35)27(38)15-37/h1-6,11-13,20,37H,7-10,14-17H2,(H2,33,34,39). The number of rotatable bonds is 8. The quantitative estimate of drug-likeness (QED) is 0.284. The highest BCUT2D eigenvalue weighted by atomic mass is 32.1. The molecule has 0 saturated carbocycles. The van der Waals surface area contributed by atoms with Gasteiger partial charge < -0.3 is 30.1 Å². The van der Waals surface area contributed by atoms with Crippen LogP contribution in [0.4, 0.5) is 14.9 Å². The van der Waals surface area contributed by atoms with E-state index in [9.17, 15) is 14.0 Å². The van der Waals surface area contributed by atoms with Gasteiger partial charge in [0.2, 0.25) is 5.91 Å². The number of pyridine rings is 2. The van der Waals surface area contributed by atoms with E-state index in [1.807, 2.05) is 24.4 Å². The molecule has 218 valence electrons. The molecule has 2 aliphatic heterocycles. The molecule has 5 heterocycles. The minimum absolute atomic E-state index is 0.0276. The van der Waals surface area contributed by atoms with Crippen LogP contribution in [0.25, 0.3) is 20.8 Å². The number of anilines is 1. The molecule has 0 spiro atoms. The van der Waals surface area contributed by atoms with Gasteiger partial charge in [0.25, 0.3) is 0 Å². The Morgan fingerprint density at radius 1 is 1.07 bits per heavy atom. The fourth-order valence-electron chi connectivity index (χ4n) is 4.75. The van der Waals surface area contributed by atoms with Crippen molar-refractivity contribution in [1.82, 2.24) is 25.1 Å². The lowest BCUT2D eigenvalue weighted by Crippen LogP contribution is -2.49. The average molecular weight is 593 g/mol. The molecule has 2 saturated heterocycles. The summed E-state index contributed by atoms with van der Waals surface area (Å²) in [6.07, 6.45) is 3.46. The van der Waals surface area contributed by atoms with Gasteiger partial charge in [-0.1, -0.05) is 6.07 Å².